The molecular weight excluding hydrogens is 239 g/mol. The fourth-order valence-electron chi connectivity index (χ4n) is 1.11. The van der Waals surface area contributed by atoms with Crippen LogP contribution in [0.5, 0.6) is 5.75 Å². The number of halogens is 3. The van der Waals surface area contributed by atoms with Gasteiger partial charge in [-0.1, -0.05) is 6.07 Å². The zero-order chi connectivity index (χ0) is 12.9. The fourth-order valence-corrected chi connectivity index (χ4v) is 1.11. The Kier molecular flexibility index (Phi) is 4.33. The largest absolute Gasteiger partial charge is 0.573 e. The van der Waals surface area contributed by atoms with Crippen LogP contribution in [0.3, 0.4) is 0 Å². The predicted molar refractivity (Wildman–Crippen MR) is 52.5 cm³/mol. The lowest BCUT2D eigenvalue weighted by atomic mass is 10.2. The van der Waals surface area contributed by atoms with Gasteiger partial charge < -0.3 is 15.2 Å². The summed E-state index contributed by atoms with van der Waals surface area (Å²) in [7, 11) is 0. The van der Waals surface area contributed by atoms with E-state index in [4.69, 9.17) is 5.11 Å². The van der Waals surface area contributed by atoms with Crippen molar-refractivity contribution in [1.82, 2.24) is 5.32 Å². The molecule has 0 fully saturated rings. The van der Waals surface area contributed by atoms with Crippen molar-refractivity contribution in [1.29, 1.82) is 0 Å². The van der Waals surface area contributed by atoms with Crippen LogP contribution in [0.15, 0.2) is 24.3 Å². The monoisotopic (exact) mass is 249 g/mol. The molecule has 0 spiro atoms. The van der Waals surface area contributed by atoms with Crippen LogP contribution < -0.4 is 10.1 Å². The molecule has 0 aromatic heterocycles. The average molecular weight is 249 g/mol. The Bertz CT molecular complexity index is 393. The maximum Gasteiger partial charge on any atom is 0.573 e. The minimum atomic E-state index is -4.79. The van der Waals surface area contributed by atoms with Crippen molar-refractivity contribution in [3.63, 3.8) is 0 Å². The first-order valence-electron chi connectivity index (χ1n) is 4.67. The van der Waals surface area contributed by atoms with Crippen molar-refractivity contribution in [2.45, 2.75) is 6.36 Å². The Labute approximate surface area is 95.0 Å². The second-order valence-corrected chi connectivity index (χ2v) is 3.06. The number of carbonyl (C=O) groups excluding carboxylic acids is 1. The van der Waals surface area contributed by atoms with Crippen LogP contribution in [0.1, 0.15) is 10.4 Å². The van der Waals surface area contributed by atoms with Gasteiger partial charge in [-0.25, -0.2) is 0 Å². The molecule has 0 aliphatic carbocycles. The number of benzene rings is 1. The first kappa shape index (κ1) is 13.3. The number of nitrogens with one attached hydrogen (secondary N) is 1. The minimum Gasteiger partial charge on any atom is -0.406 e. The van der Waals surface area contributed by atoms with Crippen molar-refractivity contribution in [2.24, 2.45) is 0 Å². The van der Waals surface area contributed by atoms with Crippen molar-refractivity contribution in [3.8, 4) is 5.75 Å². The molecule has 0 heterocycles. The van der Waals surface area contributed by atoms with E-state index in [9.17, 15) is 18.0 Å². The number of amides is 1. The van der Waals surface area contributed by atoms with E-state index in [0.29, 0.717) is 0 Å². The van der Waals surface area contributed by atoms with E-state index in [-0.39, 0.29) is 18.7 Å². The van der Waals surface area contributed by atoms with E-state index < -0.39 is 18.0 Å². The maximum atomic E-state index is 11.9. The number of rotatable bonds is 4. The molecule has 0 radical (unpaired) electrons. The lowest BCUT2D eigenvalue weighted by Gasteiger charge is -2.09. The number of aliphatic hydroxyl groups is 1. The van der Waals surface area contributed by atoms with Gasteiger partial charge in [-0.05, 0) is 18.2 Å². The number of alkyl halides is 3. The molecule has 2 N–H and O–H groups in total. The number of hydrogen-bond acceptors (Lipinski definition) is 3. The second kappa shape index (κ2) is 5.53. The second-order valence-electron chi connectivity index (χ2n) is 3.06. The summed E-state index contributed by atoms with van der Waals surface area (Å²) < 4.78 is 39.4. The maximum absolute atomic E-state index is 11.9. The molecule has 1 aromatic carbocycles. The molecule has 17 heavy (non-hydrogen) atoms. The van der Waals surface area contributed by atoms with Gasteiger partial charge in [0.1, 0.15) is 5.75 Å². The molecule has 4 nitrogen and oxygen atoms in total. The topological polar surface area (TPSA) is 58.6 Å². The average Bonchev–Trinajstić information content (AvgIpc) is 2.24. The highest BCUT2D eigenvalue weighted by atomic mass is 19.4. The molecule has 0 unspecified atom stereocenters. The lowest BCUT2D eigenvalue weighted by molar-refractivity contribution is -0.274. The quantitative estimate of drug-likeness (QED) is 0.845. The Balaban J connectivity index is 2.75. The molecule has 7 heteroatoms. The summed E-state index contributed by atoms with van der Waals surface area (Å²) in [6.07, 6.45) is -4.79. The molecule has 0 saturated heterocycles. The Morgan fingerprint density at radius 2 is 2.12 bits per heavy atom. The summed E-state index contributed by atoms with van der Waals surface area (Å²) in [6, 6.07) is 4.68. The molecule has 1 aromatic rings. The van der Waals surface area contributed by atoms with E-state index in [1.807, 2.05) is 0 Å². The molecule has 0 aliphatic rings. The van der Waals surface area contributed by atoms with Crippen LogP contribution in [-0.2, 0) is 0 Å². The summed E-state index contributed by atoms with van der Waals surface area (Å²) in [6.45, 7) is -0.215. The zero-order valence-electron chi connectivity index (χ0n) is 8.62. The summed E-state index contributed by atoms with van der Waals surface area (Å²) in [5.74, 6) is -1.04. The van der Waals surface area contributed by atoms with Crippen LogP contribution in [0, 0.1) is 0 Å². The summed E-state index contributed by atoms with van der Waals surface area (Å²) in [5, 5.41) is 10.8. The van der Waals surface area contributed by atoms with E-state index in [2.05, 4.69) is 10.1 Å². The van der Waals surface area contributed by atoms with Crippen molar-refractivity contribution < 1.29 is 27.8 Å². The van der Waals surface area contributed by atoms with Gasteiger partial charge in [-0.15, -0.1) is 13.2 Å². The van der Waals surface area contributed by atoms with Gasteiger partial charge in [0.15, 0.2) is 0 Å². The summed E-state index contributed by atoms with van der Waals surface area (Å²) in [4.78, 5) is 11.4. The molecule has 0 atom stereocenters. The van der Waals surface area contributed by atoms with E-state index in [1.54, 1.807) is 0 Å². The third kappa shape index (κ3) is 4.73. The van der Waals surface area contributed by atoms with Gasteiger partial charge in [0.05, 0.1) is 6.61 Å². The molecular formula is C10H10F3NO3. The van der Waals surface area contributed by atoms with E-state index in [0.717, 1.165) is 12.1 Å². The third-order valence-corrected chi connectivity index (χ3v) is 1.73. The van der Waals surface area contributed by atoms with Gasteiger partial charge >= 0.3 is 6.36 Å². The fraction of sp³-hybridized carbons (Fsp3) is 0.300. The van der Waals surface area contributed by atoms with Crippen molar-refractivity contribution >= 4 is 5.91 Å². The van der Waals surface area contributed by atoms with Crippen LogP contribution in [0.4, 0.5) is 13.2 Å². The summed E-state index contributed by atoms with van der Waals surface area (Å²) in [5.41, 5.74) is 0.0280. The Hall–Kier alpha value is -1.76. The van der Waals surface area contributed by atoms with Crippen molar-refractivity contribution in [3.05, 3.63) is 29.8 Å². The van der Waals surface area contributed by atoms with Gasteiger partial charge in [0.25, 0.3) is 5.91 Å². The van der Waals surface area contributed by atoms with Crippen LogP contribution in [-0.4, -0.2) is 30.5 Å². The predicted octanol–water partition coefficient (Wildman–Crippen LogP) is 1.31. The Morgan fingerprint density at radius 1 is 1.41 bits per heavy atom. The third-order valence-electron chi connectivity index (χ3n) is 1.73. The normalized spacial score (nSPS) is 11.1. The minimum absolute atomic E-state index is 0.0280. The highest BCUT2D eigenvalue weighted by molar-refractivity contribution is 5.94. The van der Waals surface area contributed by atoms with Crippen molar-refractivity contribution in [2.75, 3.05) is 13.2 Å². The zero-order valence-corrected chi connectivity index (χ0v) is 8.62. The first-order valence-corrected chi connectivity index (χ1v) is 4.67. The molecule has 0 bridgehead atoms. The van der Waals surface area contributed by atoms with Crippen LogP contribution in [0.25, 0.3) is 0 Å². The van der Waals surface area contributed by atoms with E-state index >= 15 is 0 Å². The van der Waals surface area contributed by atoms with Gasteiger partial charge in [0, 0.05) is 12.1 Å². The molecule has 1 amide bonds. The standard InChI is InChI=1S/C10H10F3NO3/c11-10(12,13)17-8-3-1-2-7(6-8)9(16)14-4-5-15/h1-3,6,15H,4-5H2,(H,14,16). The molecule has 94 valence electrons. The van der Waals surface area contributed by atoms with Crippen LogP contribution in [0.2, 0.25) is 0 Å². The molecule has 1 rings (SSSR count). The van der Waals surface area contributed by atoms with E-state index in [1.165, 1.54) is 12.1 Å². The number of hydrogen-bond donors (Lipinski definition) is 2. The SMILES string of the molecule is O=C(NCCO)c1cccc(OC(F)(F)F)c1. The van der Waals surface area contributed by atoms with Gasteiger partial charge in [0.2, 0.25) is 0 Å². The van der Waals surface area contributed by atoms with Gasteiger partial charge in [-0.3, -0.25) is 4.79 Å². The molecule has 0 saturated carbocycles. The lowest BCUT2D eigenvalue weighted by Crippen LogP contribution is -2.26. The smallest absolute Gasteiger partial charge is 0.406 e. The van der Waals surface area contributed by atoms with Crippen LogP contribution >= 0.6 is 0 Å². The number of aliphatic hydroxyl groups excluding tert-OH is 1. The highest BCUT2D eigenvalue weighted by Crippen LogP contribution is 2.23. The number of carbonyl (C=O) groups is 1. The van der Waals surface area contributed by atoms with Gasteiger partial charge in [-0.2, -0.15) is 0 Å². The Morgan fingerprint density at radius 3 is 2.71 bits per heavy atom. The summed E-state index contributed by atoms with van der Waals surface area (Å²) >= 11 is 0. The molecule has 0 aliphatic heterocycles. The highest BCUT2D eigenvalue weighted by Gasteiger charge is 2.31. The first-order chi connectivity index (χ1) is 7.92. The number of ether oxygens (including phenoxy) is 1.